The number of aryl methyl sites for hydroxylation is 1. The Kier molecular flexibility index (Phi) is 4.02. The molecule has 0 radical (unpaired) electrons. The summed E-state index contributed by atoms with van der Waals surface area (Å²) >= 11 is 0. The summed E-state index contributed by atoms with van der Waals surface area (Å²) < 4.78 is 0. The van der Waals surface area contributed by atoms with Crippen LogP contribution < -0.4 is 10.2 Å². The molecule has 2 fully saturated rings. The van der Waals surface area contributed by atoms with E-state index in [2.05, 4.69) is 20.2 Å². The van der Waals surface area contributed by atoms with Gasteiger partial charge in [-0.3, -0.25) is 0 Å². The molecule has 1 aromatic rings. The van der Waals surface area contributed by atoms with E-state index in [9.17, 15) is 5.11 Å². The van der Waals surface area contributed by atoms with Gasteiger partial charge >= 0.3 is 0 Å². The molecule has 3 rings (SSSR count). The van der Waals surface area contributed by atoms with Crippen molar-refractivity contribution in [3.63, 3.8) is 0 Å². The zero-order valence-electron chi connectivity index (χ0n) is 13.1. The van der Waals surface area contributed by atoms with Crippen LogP contribution in [0.3, 0.4) is 0 Å². The van der Waals surface area contributed by atoms with Gasteiger partial charge in [-0.25, -0.2) is 4.98 Å². The number of nitrogens with zero attached hydrogens (tertiary/aromatic N) is 3. The normalized spacial score (nSPS) is 26.0. The van der Waals surface area contributed by atoms with E-state index in [4.69, 9.17) is 0 Å². The van der Waals surface area contributed by atoms with Gasteiger partial charge in [0.05, 0.1) is 6.61 Å². The zero-order valence-corrected chi connectivity index (χ0v) is 13.1. The molecule has 21 heavy (non-hydrogen) atoms. The standard InChI is InChI=1S/C16H26N4O/c1-12-8-14(17-2)19-15(18-12)20-7-3-6-16(10-20,11-21)9-13-4-5-13/h8,13,21H,3-7,9-11H2,1-2H3,(H,17,18,19)/t16-/m1/s1. The quantitative estimate of drug-likeness (QED) is 0.870. The Labute approximate surface area is 126 Å². The first-order valence-electron chi connectivity index (χ1n) is 8.03. The largest absolute Gasteiger partial charge is 0.396 e. The Hall–Kier alpha value is -1.36. The molecule has 2 aliphatic rings. The Morgan fingerprint density at radius 2 is 2.24 bits per heavy atom. The smallest absolute Gasteiger partial charge is 0.227 e. The summed E-state index contributed by atoms with van der Waals surface area (Å²) in [6, 6.07) is 1.96. The van der Waals surface area contributed by atoms with Crippen LogP contribution in [0.15, 0.2) is 6.07 Å². The molecular formula is C16H26N4O. The molecule has 1 aromatic heterocycles. The monoisotopic (exact) mass is 290 g/mol. The molecule has 0 spiro atoms. The molecule has 0 aromatic carbocycles. The molecule has 0 unspecified atom stereocenters. The van der Waals surface area contributed by atoms with Crippen LogP contribution in [0.25, 0.3) is 0 Å². The Bertz CT molecular complexity index is 503. The number of hydrogen-bond acceptors (Lipinski definition) is 5. The maximum atomic E-state index is 9.96. The van der Waals surface area contributed by atoms with E-state index in [1.165, 1.54) is 12.8 Å². The molecule has 116 valence electrons. The van der Waals surface area contributed by atoms with Gasteiger partial charge in [-0.1, -0.05) is 12.8 Å². The van der Waals surface area contributed by atoms with Gasteiger partial charge in [0.15, 0.2) is 0 Å². The van der Waals surface area contributed by atoms with Crippen molar-refractivity contribution in [2.45, 2.75) is 39.0 Å². The topological polar surface area (TPSA) is 61.3 Å². The van der Waals surface area contributed by atoms with Gasteiger partial charge in [-0.2, -0.15) is 4.98 Å². The van der Waals surface area contributed by atoms with Crippen molar-refractivity contribution in [3.05, 3.63) is 11.8 Å². The van der Waals surface area contributed by atoms with Crippen LogP contribution in [0.2, 0.25) is 0 Å². The van der Waals surface area contributed by atoms with Gasteiger partial charge in [0, 0.05) is 37.3 Å². The number of anilines is 2. The maximum absolute atomic E-state index is 9.96. The van der Waals surface area contributed by atoms with E-state index >= 15 is 0 Å². The number of nitrogens with one attached hydrogen (secondary N) is 1. The van der Waals surface area contributed by atoms with E-state index in [1.807, 2.05) is 20.0 Å². The molecule has 1 aliphatic heterocycles. The first kappa shape index (κ1) is 14.6. The number of hydrogen-bond donors (Lipinski definition) is 2. The zero-order chi connectivity index (χ0) is 14.9. The lowest BCUT2D eigenvalue weighted by atomic mass is 9.76. The fraction of sp³-hybridized carbons (Fsp3) is 0.750. The SMILES string of the molecule is CNc1cc(C)nc(N2CCC[C@@](CO)(CC3CC3)C2)n1. The highest BCUT2D eigenvalue weighted by molar-refractivity contribution is 5.43. The molecule has 2 heterocycles. The van der Waals surface area contributed by atoms with Gasteiger partial charge < -0.3 is 15.3 Å². The first-order valence-corrected chi connectivity index (χ1v) is 8.03. The van der Waals surface area contributed by atoms with Crippen LogP contribution in [-0.2, 0) is 0 Å². The number of aliphatic hydroxyl groups is 1. The van der Waals surface area contributed by atoms with Crippen molar-refractivity contribution < 1.29 is 5.11 Å². The third-order valence-corrected chi connectivity index (χ3v) is 4.80. The second-order valence-corrected chi connectivity index (χ2v) is 6.78. The van der Waals surface area contributed by atoms with E-state index in [0.717, 1.165) is 55.7 Å². The Morgan fingerprint density at radius 1 is 1.43 bits per heavy atom. The van der Waals surface area contributed by atoms with Crippen molar-refractivity contribution in [2.75, 3.05) is 37.0 Å². The average molecular weight is 290 g/mol. The van der Waals surface area contributed by atoms with Crippen LogP contribution in [0.5, 0.6) is 0 Å². The van der Waals surface area contributed by atoms with Crippen LogP contribution in [0.1, 0.15) is 37.8 Å². The highest BCUT2D eigenvalue weighted by atomic mass is 16.3. The van der Waals surface area contributed by atoms with E-state index in [1.54, 1.807) is 0 Å². The van der Waals surface area contributed by atoms with Crippen molar-refractivity contribution in [1.82, 2.24) is 9.97 Å². The highest BCUT2D eigenvalue weighted by Gasteiger charge is 2.40. The highest BCUT2D eigenvalue weighted by Crippen LogP contribution is 2.44. The second-order valence-electron chi connectivity index (χ2n) is 6.78. The molecule has 5 heteroatoms. The van der Waals surface area contributed by atoms with Gasteiger partial charge in [0.1, 0.15) is 5.82 Å². The van der Waals surface area contributed by atoms with Crippen LogP contribution in [-0.4, -0.2) is 41.8 Å². The molecule has 1 saturated carbocycles. The molecular weight excluding hydrogens is 264 g/mol. The number of rotatable bonds is 5. The Morgan fingerprint density at radius 3 is 2.90 bits per heavy atom. The minimum absolute atomic E-state index is 0.0479. The van der Waals surface area contributed by atoms with Gasteiger partial charge in [0.2, 0.25) is 5.95 Å². The van der Waals surface area contributed by atoms with E-state index in [-0.39, 0.29) is 12.0 Å². The van der Waals surface area contributed by atoms with Gasteiger partial charge in [-0.15, -0.1) is 0 Å². The second kappa shape index (κ2) is 5.79. The third kappa shape index (κ3) is 3.28. The summed E-state index contributed by atoms with van der Waals surface area (Å²) in [5.41, 5.74) is 1.03. The lowest BCUT2D eigenvalue weighted by molar-refractivity contribution is 0.0899. The lowest BCUT2D eigenvalue weighted by Crippen LogP contribution is -2.46. The van der Waals surface area contributed by atoms with Crippen molar-refractivity contribution >= 4 is 11.8 Å². The fourth-order valence-electron chi connectivity index (χ4n) is 3.50. The molecule has 1 aliphatic carbocycles. The predicted octanol–water partition coefficient (Wildman–Crippen LogP) is 2.21. The molecule has 5 nitrogen and oxygen atoms in total. The van der Waals surface area contributed by atoms with Crippen LogP contribution in [0, 0.1) is 18.3 Å². The minimum Gasteiger partial charge on any atom is -0.396 e. The fourth-order valence-corrected chi connectivity index (χ4v) is 3.50. The summed E-state index contributed by atoms with van der Waals surface area (Å²) in [7, 11) is 1.88. The lowest BCUT2D eigenvalue weighted by Gasteiger charge is -2.42. The van der Waals surface area contributed by atoms with E-state index < -0.39 is 0 Å². The first-order chi connectivity index (χ1) is 10.1. The number of aliphatic hydroxyl groups excluding tert-OH is 1. The summed E-state index contributed by atoms with van der Waals surface area (Å²) in [6.07, 6.45) is 6.07. The van der Waals surface area contributed by atoms with Crippen molar-refractivity contribution in [3.8, 4) is 0 Å². The third-order valence-electron chi connectivity index (χ3n) is 4.80. The number of aromatic nitrogens is 2. The molecule has 1 atom stereocenters. The van der Waals surface area contributed by atoms with Gasteiger partial charge in [-0.05, 0) is 32.1 Å². The summed E-state index contributed by atoms with van der Waals surface area (Å²) in [5.74, 6) is 2.50. The van der Waals surface area contributed by atoms with Crippen molar-refractivity contribution in [1.29, 1.82) is 0 Å². The minimum atomic E-state index is 0.0479. The molecule has 0 amide bonds. The maximum Gasteiger partial charge on any atom is 0.227 e. The number of piperidine rings is 1. The average Bonchev–Trinajstić information content (AvgIpc) is 3.30. The predicted molar refractivity (Wildman–Crippen MR) is 84.6 cm³/mol. The Balaban J connectivity index is 1.79. The summed E-state index contributed by atoms with van der Waals surface area (Å²) in [4.78, 5) is 11.4. The summed E-state index contributed by atoms with van der Waals surface area (Å²) in [6.45, 7) is 4.15. The van der Waals surface area contributed by atoms with Crippen molar-refractivity contribution in [2.24, 2.45) is 11.3 Å². The molecule has 0 bridgehead atoms. The van der Waals surface area contributed by atoms with E-state index in [0.29, 0.717) is 0 Å². The molecule has 2 N–H and O–H groups in total. The van der Waals surface area contributed by atoms with Crippen LogP contribution in [0.4, 0.5) is 11.8 Å². The molecule has 1 saturated heterocycles. The summed E-state index contributed by atoms with van der Waals surface area (Å²) in [5, 5.41) is 13.1. The van der Waals surface area contributed by atoms with Gasteiger partial charge in [0.25, 0.3) is 0 Å². The van der Waals surface area contributed by atoms with Crippen LogP contribution >= 0.6 is 0 Å².